The van der Waals surface area contributed by atoms with Gasteiger partial charge >= 0.3 is 0 Å². The van der Waals surface area contributed by atoms with Gasteiger partial charge in [0.05, 0.1) is 17.2 Å². The summed E-state index contributed by atoms with van der Waals surface area (Å²) in [6, 6.07) is 7.55. The summed E-state index contributed by atoms with van der Waals surface area (Å²) in [5, 5.41) is 9.07. The van der Waals surface area contributed by atoms with E-state index in [4.69, 9.17) is 9.84 Å². The number of rotatable bonds is 7. The zero-order chi connectivity index (χ0) is 16.8. The number of ketones is 1. The number of thiazole rings is 1. The summed E-state index contributed by atoms with van der Waals surface area (Å²) in [5.41, 5.74) is 1.71. The molecule has 1 aromatic heterocycles. The predicted octanol–water partition coefficient (Wildman–Crippen LogP) is 3.07. The molecule has 0 unspecified atom stereocenters. The Morgan fingerprint density at radius 1 is 1.35 bits per heavy atom. The minimum absolute atomic E-state index is 0.0402. The third kappa shape index (κ3) is 4.30. The number of hydrogen-bond donors (Lipinski definition) is 1. The van der Waals surface area contributed by atoms with Crippen LogP contribution in [0.2, 0.25) is 0 Å². The van der Waals surface area contributed by atoms with E-state index < -0.39 is 0 Å². The lowest BCUT2D eigenvalue weighted by Gasteiger charge is -2.05. The molecule has 2 rings (SSSR count). The van der Waals surface area contributed by atoms with Crippen molar-refractivity contribution < 1.29 is 14.6 Å². The van der Waals surface area contributed by atoms with Crippen LogP contribution in [0.3, 0.4) is 0 Å². The highest BCUT2D eigenvalue weighted by Gasteiger charge is 2.13. The van der Waals surface area contributed by atoms with Crippen molar-refractivity contribution in [1.82, 2.24) is 4.57 Å². The Morgan fingerprint density at radius 2 is 2.04 bits per heavy atom. The van der Waals surface area contributed by atoms with Crippen LogP contribution in [0.25, 0.3) is 0 Å². The van der Waals surface area contributed by atoms with Gasteiger partial charge in [0.2, 0.25) is 0 Å². The number of carbonyl (C=O) groups is 1. The molecule has 0 spiro atoms. The van der Waals surface area contributed by atoms with E-state index in [1.165, 1.54) is 11.3 Å². The van der Waals surface area contributed by atoms with Crippen molar-refractivity contribution in [1.29, 1.82) is 0 Å². The van der Waals surface area contributed by atoms with Crippen molar-refractivity contribution in [3.63, 3.8) is 0 Å². The summed E-state index contributed by atoms with van der Waals surface area (Å²) in [7, 11) is 0. The van der Waals surface area contributed by atoms with Gasteiger partial charge in [-0.15, -0.1) is 0 Å². The van der Waals surface area contributed by atoms with E-state index in [0.29, 0.717) is 24.4 Å². The van der Waals surface area contributed by atoms with E-state index in [-0.39, 0.29) is 12.4 Å². The molecular weight excluding hydrogens is 312 g/mol. The van der Waals surface area contributed by atoms with Gasteiger partial charge in [0.25, 0.3) is 0 Å². The molecule has 0 aliphatic rings. The molecule has 0 saturated carbocycles. The normalized spacial score (nSPS) is 11.7. The predicted molar refractivity (Wildman–Crippen MR) is 91.6 cm³/mol. The molecule has 0 bridgehead atoms. The molecule has 1 aromatic carbocycles. The summed E-state index contributed by atoms with van der Waals surface area (Å²) >= 11 is 1.39. The maximum Gasteiger partial charge on any atom is 0.190 e. The van der Waals surface area contributed by atoms with Gasteiger partial charge in [-0.2, -0.15) is 0 Å². The summed E-state index contributed by atoms with van der Waals surface area (Å²) in [6.45, 7) is 6.81. The van der Waals surface area contributed by atoms with Crippen LogP contribution in [0, 0.1) is 6.92 Å². The second-order valence-corrected chi connectivity index (χ2v) is 6.10. The molecule has 0 atom stereocenters. The first-order valence-corrected chi connectivity index (χ1v) is 8.48. The molecular formula is C17H22N2O3S. The average molecular weight is 334 g/mol. The van der Waals surface area contributed by atoms with Crippen molar-refractivity contribution in [2.75, 3.05) is 13.2 Å². The first-order valence-electron chi connectivity index (χ1n) is 7.66. The van der Waals surface area contributed by atoms with Crippen LogP contribution in [0.1, 0.15) is 35.6 Å². The first kappa shape index (κ1) is 17.4. The fraction of sp³-hybridized carbons (Fsp3) is 0.412. The quantitative estimate of drug-likeness (QED) is 0.792. The molecule has 0 fully saturated rings. The molecule has 5 nitrogen and oxygen atoms in total. The number of Topliss-reactive ketones (excluding diaryl/α,β-unsaturated/α-hetero) is 1. The van der Waals surface area contributed by atoms with Crippen LogP contribution in [0.15, 0.2) is 29.3 Å². The highest BCUT2D eigenvalue weighted by Crippen LogP contribution is 2.19. The third-order valence-corrected chi connectivity index (χ3v) is 4.67. The van der Waals surface area contributed by atoms with E-state index in [1.807, 2.05) is 42.7 Å². The molecule has 0 amide bonds. The average Bonchev–Trinajstić information content (AvgIpc) is 2.84. The van der Waals surface area contributed by atoms with Gasteiger partial charge in [0, 0.05) is 25.8 Å². The van der Waals surface area contributed by atoms with E-state index >= 15 is 0 Å². The number of hydrogen-bond acceptors (Lipinski definition) is 5. The summed E-state index contributed by atoms with van der Waals surface area (Å²) in [5.74, 6) is 0.852. The lowest BCUT2D eigenvalue weighted by molar-refractivity contribution is 0.102. The molecule has 0 radical (unpaired) electrons. The number of aromatic nitrogens is 1. The highest BCUT2D eigenvalue weighted by atomic mass is 32.1. The fourth-order valence-electron chi connectivity index (χ4n) is 2.28. The lowest BCUT2D eigenvalue weighted by Crippen LogP contribution is -2.17. The van der Waals surface area contributed by atoms with Crippen LogP contribution in [-0.2, 0) is 6.54 Å². The molecule has 0 aliphatic heterocycles. The van der Waals surface area contributed by atoms with Gasteiger partial charge in [-0.05, 0) is 44.5 Å². The first-order chi connectivity index (χ1) is 11.1. The Hall–Kier alpha value is -1.92. The Morgan fingerprint density at radius 3 is 2.61 bits per heavy atom. The Labute approximate surface area is 139 Å². The third-order valence-electron chi connectivity index (χ3n) is 3.39. The Kier molecular flexibility index (Phi) is 6.12. The Bertz CT molecular complexity index is 729. The zero-order valence-electron chi connectivity index (χ0n) is 13.7. The number of benzene rings is 1. The van der Waals surface area contributed by atoms with Gasteiger partial charge in [0.15, 0.2) is 10.6 Å². The van der Waals surface area contributed by atoms with Crippen molar-refractivity contribution in [2.24, 2.45) is 4.99 Å². The second kappa shape index (κ2) is 8.08. The van der Waals surface area contributed by atoms with Crippen LogP contribution < -0.4 is 9.54 Å². The SMILES string of the molecule is CCOc1ccc(/N=c2/sc(C(C)=O)c(C)n2CCCO)cc1. The maximum absolute atomic E-state index is 11.8. The summed E-state index contributed by atoms with van der Waals surface area (Å²) in [4.78, 5) is 17.9. The minimum atomic E-state index is 0.0402. The standard InChI is InChI=1S/C17H22N2O3S/c1-4-22-15-8-6-14(7-9-15)18-17-19(10-5-11-20)12(2)16(23-17)13(3)21/h6-9,20H,4-5,10-11H2,1-3H3/b18-17+. The minimum Gasteiger partial charge on any atom is -0.494 e. The number of carbonyl (C=O) groups excluding carboxylic acids is 1. The van der Waals surface area contributed by atoms with Gasteiger partial charge in [0.1, 0.15) is 5.75 Å². The number of aliphatic hydroxyl groups excluding tert-OH is 1. The topological polar surface area (TPSA) is 63.8 Å². The van der Waals surface area contributed by atoms with E-state index in [0.717, 1.165) is 21.9 Å². The summed E-state index contributed by atoms with van der Waals surface area (Å²) < 4.78 is 7.42. The van der Waals surface area contributed by atoms with Gasteiger partial charge in [-0.3, -0.25) is 4.79 Å². The number of ether oxygens (including phenoxy) is 1. The van der Waals surface area contributed by atoms with Crippen LogP contribution in [-0.4, -0.2) is 28.7 Å². The molecule has 1 heterocycles. The van der Waals surface area contributed by atoms with Crippen molar-refractivity contribution in [2.45, 2.75) is 33.7 Å². The smallest absolute Gasteiger partial charge is 0.190 e. The van der Waals surface area contributed by atoms with Crippen LogP contribution >= 0.6 is 11.3 Å². The Balaban J connectivity index is 2.43. The fourth-order valence-corrected chi connectivity index (χ4v) is 3.36. The number of aliphatic hydroxyl groups is 1. The van der Waals surface area contributed by atoms with Crippen molar-refractivity contribution in [3.05, 3.63) is 39.6 Å². The molecule has 124 valence electrons. The molecule has 6 heteroatoms. The largest absolute Gasteiger partial charge is 0.494 e. The molecule has 1 N–H and O–H groups in total. The zero-order valence-corrected chi connectivity index (χ0v) is 14.5. The van der Waals surface area contributed by atoms with Gasteiger partial charge in [-0.25, -0.2) is 4.99 Å². The lowest BCUT2D eigenvalue weighted by atomic mass is 10.3. The van der Waals surface area contributed by atoms with E-state index in [9.17, 15) is 4.79 Å². The molecule has 23 heavy (non-hydrogen) atoms. The molecule has 0 saturated heterocycles. The number of nitrogens with zero attached hydrogens (tertiary/aromatic N) is 2. The maximum atomic E-state index is 11.8. The second-order valence-electron chi connectivity index (χ2n) is 5.12. The van der Waals surface area contributed by atoms with Crippen LogP contribution in [0.4, 0.5) is 5.69 Å². The monoisotopic (exact) mass is 334 g/mol. The van der Waals surface area contributed by atoms with Crippen molar-refractivity contribution in [3.8, 4) is 5.75 Å². The summed E-state index contributed by atoms with van der Waals surface area (Å²) in [6.07, 6.45) is 0.630. The molecule has 2 aromatic rings. The highest BCUT2D eigenvalue weighted by molar-refractivity contribution is 7.11. The van der Waals surface area contributed by atoms with E-state index in [1.54, 1.807) is 6.92 Å². The van der Waals surface area contributed by atoms with Crippen LogP contribution in [0.5, 0.6) is 5.75 Å². The van der Waals surface area contributed by atoms with Gasteiger partial charge in [-0.1, -0.05) is 11.3 Å². The van der Waals surface area contributed by atoms with Gasteiger partial charge < -0.3 is 14.4 Å². The van der Waals surface area contributed by atoms with Crippen molar-refractivity contribution >= 4 is 22.8 Å². The molecule has 0 aliphatic carbocycles. The van der Waals surface area contributed by atoms with E-state index in [2.05, 4.69) is 4.99 Å².